The summed E-state index contributed by atoms with van der Waals surface area (Å²) in [5.41, 5.74) is 2.49. The summed E-state index contributed by atoms with van der Waals surface area (Å²) in [5, 5.41) is 6.14. The Kier molecular flexibility index (Phi) is 6.71. The van der Waals surface area contributed by atoms with Crippen molar-refractivity contribution in [2.24, 2.45) is 5.92 Å². The lowest BCUT2D eigenvalue weighted by Gasteiger charge is -2.30. The van der Waals surface area contributed by atoms with Crippen LogP contribution in [0, 0.1) is 17.6 Å². The largest absolute Gasteiger partial charge is 0.356 e. The molecule has 9 heteroatoms. The van der Waals surface area contributed by atoms with Crippen LogP contribution in [0.4, 0.5) is 25.8 Å². The van der Waals surface area contributed by atoms with Crippen molar-refractivity contribution in [3.8, 4) is 0 Å². The Morgan fingerprint density at radius 1 is 0.818 bits per heavy atom. The molecular weight excluding hydrogens is 448 g/mol. The highest BCUT2D eigenvalue weighted by Gasteiger charge is 2.32. The first-order valence-corrected chi connectivity index (χ1v) is 11.9. The van der Waals surface area contributed by atoms with Gasteiger partial charge in [0.05, 0.1) is 4.90 Å². The van der Waals surface area contributed by atoms with E-state index >= 15 is 0 Å². The maximum absolute atomic E-state index is 13.5. The van der Waals surface area contributed by atoms with Gasteiger partial charge in [0.2, 0.25) is 15.9 Å². The van der Waals surface area contributed by atoms with Crippen molar-refractivity contribution >= 4 is 33.0 Å². The molecule has 0 unspecified atom stereocenters. The van der Waals surface area contributed by atoms with Crippen molar-refractivity contribution in [1.82, 2.24) is 4.31 Å². The average molecular weight is 472 g/mol. The molecule has 0 atom stereocenters. The number of hydrogen-bond donors (Lipinski definition) is 2. The molecule has 0 spiro atoms. The van der Waals surface area contributed by atoms with Crippen molar-refractivity contribution in [2.75, 3.05) is 23.7 Å². The molecule has 0 bridgehead atoms. The second-order valence-electron chi connectivity index (χ2n) is 7.81. The van der Waals surface area contributed by atoms with Gasteiger partial charge in [-0.3, -0.25) is 4.79 Å². The number of piperidine rings is 1. The highest BCUT2D eigenvalue weighted by Crippen LogP contribution is 2.26. The summed E-state index contributed by atoms with van der Waals surface area (Å²) in [6, 6.07) is 19.6. The molecule has 3 aromatic rings. The van der Waals surface area contributed by atoms with E-state index in [1.54, 1.807) is 12.1 Å². The average Bonchev–Trinajstić information content (AvgIpc) is 2.83. The Hall–Kier alpha value is -3.30. The fraction of sp³-hybridized carbons (Fsp3) is 0.208. The van der Waals surface area contributed by atoms with Crippen LogP contribution in [0.25, 0.3) is 0 Å². The molecule has 3 aromatic carbocycles. The van der Waals surface area contributed by atoms with E-state index in [-0.39, 0.29) is 29.8 Å². The van der Waals surface area contributed by atoms with Crippen molar-refractivity contribution in [3.63, 3.8) is 0 Å². The standard InChI is InChI=1S/C24H23F2N3O3S/c25-22-11-10-21(16-23(22)26)33(31,32)29-14-12-17(13-15-29)24(30)28-20-8-6-19(7-9-20)27-18-4-2-1-3-5-18/h1-11,16-17,27H,12-15H2,(H,28,30). The van der Waals surface area contributed by atoms with Crippen LogP contribution in [0.3, 0.4) is 0 Å². The smallest absolute Gasteiger partial charge is 0.243 e. The summed E-state index contributed by atoms with van der Waals surface area (Å²) in [4.78, 5) is 12.4. The topological polar surface area (TPSA) is 78.5 Å². The fourth-order valence-corrected chi connectivity index (χ4v) is 5.20. The van der Waals surface area contributed by atoms with Crippen LogP contribution < -0.4 is 10.6 Å². The van der Waals surface area contributed by atoms with Crippen LogP contribution in [0.15, 0.2) is 77.7 Å². The zero-order chi connectivity index (χ0) is 23.4. The first-order chi connectivity index (χ1) is 15.8. The summed E-state index contributed by atoms with van der Waals surface area (Å²) in [5.74, 6) is -2.84. The van der Waals surface area contributed by atoms with Gasteiger partial charge in [0, 0.05) is 36.1 Å². The minimum Gasteiger partial charge on any atom is -0.356 e. The number of anilines is 3. The van der Waals surface area contributed by atoms with Gasteiger partial charge in [-0.2, -0.15) is 4.31 Å². The molecule has 1 amide bonds. The van der Waals surface area contributed by atoms with E-state index in [1.165, 1.54) is 4.31 Å². The minimum absolute atomic E-state index is 0.124. The lowest BCUT2D eigenvalue weighted by Crippen LogP contribution is -2.41. The first-order valence-electron chi connectivity index (χ1n) is 10.5. The lowest BCUT2D eigenvalue weighted by molar-refractivity contribution is -0.120. The maximum atomic E-state index is 13.5. The van der Waals surface area contributed by atoms with Crippen LogP contribution in [-0.2, 0) is 14.8 Å². The third-order valence-corrected chi connectivity index (χ3v) is 7.46. The molecular formula is C24H23F2N3O3S. The molecule has 2 N–H and O–H groups in total. The molecule has 0 radical (unpaired) electrons. The van der Waals surface area contributed by atoms with E-state index in [4.69, 9.17) is 0 Å². The van der Waals surface area contributed by atoms with Crippen LogP contribution in [0.5, 0.6) is 0 Å². The molecule has 172 valence electrons. The Morgan fingerprint density at radius 3 is 2.06 bits per heavy atom. The number of sulfonamides is 1. The predicted molar refractivity (Wildman–Crippen MR) is 123 cm³/mol. The summed E-state index contributed by atoms with van der Waals surface area (Å²) >= 11 is 0. The highest BCUT2D eigenvalue weighted by molar-refractivity contribution is 7.89. The van der Waals surface area contributed by atoms with E-state index in [0.717, 1.165) is 23.5 Å². The number of nitrogens with zero attached hydrogens (tertiary/aromatic N) is 1. The lowest BCUT2D eigenvalue weighted by atomic mass is 9.97. The quantitative estimate of drug-likeness (QED) is 0.544. The number of benzene rings is 3. The van der Waals surface area contributed by atoms with Gasteiger partial charge in [0.1, 0.15) is 0 Å². The predicted octanol–water partition coefficient (Wildman–Crippen LogP) is 4.75. The first kappa shape index (κ1) is 22.9. The Balaban J connectivity index is 1.32. The summed E-state index contributed by atoms with van der Waals surface area (Å²) in [7, 11) is -3.95. The molecule has 1 saturated heterocycles. The third-order valence-electron chi connectivity index (χ3n) is 5.57. The van der Waals surface area contributed by atoms with Gasteiger partial charge in [0.15, 0.2) is 11.6 Å². The van der Waals surface area contributed by atoms with Gasteiger partial charge < -0.3 is 10.6 Å². The molecule has 1 fully saturated rings. The molecule has 0 aliphatic carbocycles. The number of hydrogen-bond acceptors (Lipinski definition) is 4. The maximum Gasteiger partial charge on any atom is 0.243 e. The third kappa shape index (κ3) is 5.37. The van der Waals surface area contributed by atoms with Gasteiger partial charge in [-0.25, -0.2) is 17.2 Å². The van der Waals surface area contributed by atoms with E-state index in [0.29, 0.717) is 24.6 Å². The van der Waals surface area contributed by atoms with Crippen LogP contribution in [-0.4, -0.2) is 31.7 Å². The summed E-state index contributed by atoms with van der Waals surface area (Å²) < 4.78 is 53.2. The molecule has 1 aliphatic rings. The molecule has 0 saturated carbocycles. The fourth-order valence-electron chi connectivity index (χ4n) is 3.71. The van der Waals surface area contributed by atoms with Crippen LogP contribution in [0.2, 0.25) is 0 Å². The second kappa shape index (κ2) is 9.68. The number of rotatable bonds is 6. The number of halogens is 2. The normalized spacial score (nSPS) is 15.2. The molecule has 33 heavy (non-hydrogen) atoms. The Bertz CT molecular complexity index is 1230. The van der Waals surface area contributed by atoms with Gasteiger partial charge in [-0.1, -0.05) is 18.2 Å². The van der Waals surface area contributed by atoms with Crippen molar-refractivity contribution in [1.29, 1.82) is 0 Å². The van der Waals surface area contributed by atoms with Gasteiger partial charge in [-0.15, -0.1) is 0 Å². The molecule has 1 heterocycles. The van der Waals surface area contributed by atoms with Crippen molar-refractivity contribution in [3.05, 3.63) is 84.4 Å². The van der Waals surface area contributed by atoms with Gasteiger partial charge in [-0.05, 0) is 67.4 Å². The SMILES string of the molecule is O=C(Nc1ccc(Nc2ccccc2)cc1)C1CCN(S(=O)(=O)c2ccc(F)c(F)c2)CC1. The number of amides is 1. The Morgan fingerprint density at radius 2 is 1.42 bits per heavy atom. The van der Waals surface area contributed by atoms with Crippen LogP contribution >= 0.6 is 0 Å². The summed E-state index contributed by atoms with van der Waals surface area (Å²) in [6.45, 7) is 0.249. The van der Waals surface area contributed by atoms with E-state index in [9.17, 15) is 22.0 Å². The zero-order valence-electron chi connectivity index (χ0n) is 17.7. The molecule has 6 nitrogen and oxygen atoms in total. The molecule has 1 aliphatic heterocycles. The van der Waals surface area contributed by atoms with Gasteiger partial charge in [0.25, 0.3) is 0 Å². The number of nitrogens with one attached hydrogen (secondary N) is 2. The van der Waals surface area contributed by atoms with Crippen molar-refractivity contribution < 1.29 is 22.0 Å². The molecule has 4 rings (SSSR count). The van der Waals surface area contributed by atoms with E-state index in [1.807, 2.05) is 42.5 Å². The summed E-state index contributed by atoms with van der Waals surface area (Å²) in [6.07, 6.45) is 0.671. The monoisotopic (exact) mass is 471 g/mol. The Labute approximate surface area is 191 Å². The van der Waals surface area contributed by atoms with Gasteiger partial charge >= 0.3 is 0 Å². The van der Waals surface area contributed by atoms with E-state index in [2.05, 4.69) is 10.6 Å². The molecule has 0 aromatic heterocycles. The minimum atomic E-state index is -3.95. The highest BCUT2D eigenvalue weighted by atomic mass is 32.2. The number of para-hydroxylation sites is 1. The van der Waals surface area contributed by atoms with Crippen molar-refractivity contribution in [2.45, 2.75) is 17.7 Å². The number of carbonyl (C=O) groups is 1. The second-order valence-corrected chi connectivity index (χ2v) is 9.75. The van der Waals surface area contributed by atoms with Crippen LogP contribution in [0.1, 0.15) is 12.8 Å². The van der Waals surface area contributed by atoms with E-state index < -0.39 is 21.7 Å². The number of carbonyl (C=O) groups excluding carboxylic acids is 1. The zero-order valence-corrected chi connectivity index (χ0v) is 18.5.